The van der Waals surface area contributed by atoms with Gasteiger partial charge in [0.1, 0.15) is 5.75 Å². The summed E-state index contributed by atoms with van der Waals surface area (Å²) in [6, 6.07) is 8.90. The van der Waals surface area contributed by atoms with E-state index < -0.39 is 0 Å². The van der Waals surface area contributed by atoms with Gasteiger partial charge in [0.2, 0.25) is 0 Å². The predicted octanol–water partition coefficient (Wildman–Crippen LogP) is 2.30. The number of phenolic OH excluding ortho intramolecular Hbond substituents is 3. The van der Waals surface area contributed by atoms with Crippen molar-refractivity contribution in [1.29, 1.82) is 0 Å². The first-order chi connectivity index (χ1) is 9.54. The molecule has 5 heteroatoms. The standard InChI is InChI=1S/C15H11NO4/c17-9-2-3-12-10(7-9)11(15(20)16-12)5-8-1-4-13(18)14(19)6-8/h1-7,17-19H,(H,16,20)/b11-5+. The van der Waals surface area contributed by atoms with Gasteiger partial charge >= 0.3 is 0 Å². The molecule has 0 saturated carbocycles. The molecule has 20 heavy (non-hydrogen) atoms. The number of anilines is 1. The van der Waals surface area contributed by atoms with Crippen LogP contribution in [0.3, 0.4) is 0 Å². The zero-order valence-corrected chi connectivity index (χ0v) is 10.3. The number of aromatic hydroxyl groups is 3. The lowest BCUT2D eigenvalue weighted by molar-refractivity contribution is -0.110. The van der Waals surface area contributed by atoms with Gasteiger partial charge in [-0.05, 0) is 42.0 Å². The largest absolute Gasteiger partial charge is 0.508 e. The summed E-state index contributed by atoms with van der Waals surface area (Å²) in [7, 11) is 0. The molecule has 0 radical (unpaired) electrons. The van der Waals surface area contributed by atoms with Crippen molar-refractivity contribution in [2.24, 2.45) is 0 Å². The molecule has 0 atom stereocenters. The fourth-order valence-corrected chi connectivity index (χ4v) is 2.12. The summed E-state index contributed by atoms with van der Waals surface area (Å²) in [6.07, 6.45) is 1.58. The molecule has 0 spiro atoms. The minimum Gasteiger partial charge on any atom is -0.508 e. The minimum atomic E-state index is -0.279. The van der Waals surface area contributed by atoms with Crippen LogP contribution in [0, 0.1) is 0 Å². The van der Waals surface area contributed by atoms with E-state index in [0.717, 1.165) is 0 Å². The summed E-state index contributed by atoms with van der Waals surface area (Å²) < 4.78 is 0. The lowest BCUT2D eigenvalue weighted by Gasteiger charge is -2.01. The summed E-state index contributed by atoms with van der Waals surface area (Å²) in [6.45, 7) is 0. The Kier molecular flexibility index (Phi) is 2.61. The highest BCUT2D eigenvalue weighted by atomic mass is 16.3. The minimum absolute atomic E-state index is 0.0692. The van der Waals surface area contributed by atoms with Crippen LogP contribution in [0.15, 0.2) is 36.4 Å². The van der Waals surface area contributed by atoms with Gasteiger partial charge in [0.15, 0.2) is 11.5 Å². The lowest BCUT2D eigenvalue weighted by Crippen LogP contribution is -2.03. The van der Waals surface area contributed by atoms with E-state index in [1.165, 1.54) is 24.3 Å². The van der Waals surface area contributed by atoms with Crippen LogP contribution in [-0.2, 0) is 4.79 Å². The Morgan fingerprint density at radius 3 is 2.50 bits per heavy atom. The Labute approximate surface area is 114 Å². The highest BCUT2D eigenvalue weighted by Crippen LogP contribution is 2.36. The number of rotatable bonds is 1. The van der Waals surface area contributed by atoms with Crippen LogP contribution in [0.4, 0.5) is 5.69 Å². The number of carbonyl (C=O) groups excluding carboxylic acids is 1. The average Bonchev–Trinajstić information content (AvgIpc) is 2.70. The Balaban J connectivity index is 2.10. The molecule has 1 aliphatic heterocycles. The third-order valence-corrected chi connectivity index (χ3v) is 3.10. The third kappa shape index (κ3) is 1.95. The lowest BCUT2D eigenvalue weighted by atomic mass is 10.0. The van der Waals surface area contributed by atoms with Crippen molar-refractivity contribution in [2.45, 2.75) is 0 Å². The third-order valence-electron chi connectivity index (χ3n) is 3.10. The van der Waals surface area contributed by atoms with Crippen LogP contribution >= 0.6 is 0 Å². The molecule has 5 nitrogen and oxygen atoms in total. The molecule has 3 rings (SSSR count). The molecule has 1 amide bonds. The zero-order chi connectivity index (χ0) is 14.3. The first-order valence-corrected chi connectivity index (χ1v) is 5.93. The number of amides is 1. The number of benzene rings is 2. The second-order valence-electron chi connectivity index (χ2n) is 4.49. The van der Waals surface area contributed by atoms with Gasteiger partial charge in [0.25, 0.3) is 5.91 Å². The molecule has 100 valence electrons. The van der Waals surface area contributed by atoms with Crippen molar-refractivity contribution in [3.8, 4) is 17.2 Å². The van der Waals surface area contributed by atoms with Crippen molar-refractivity contribution in [2.75, 3.05) is 5.32 Å². The SMILES string of the molecule is O=C1Nc2ccc(O)cc2/C1=C\c1ccc(O)c(O)c1. The maximum atomic E-state index is 11.9. The van der Waals surface area contributed by atoms with Crippen molar-refractivity contribution in [3.63, 3.8) is 0 Å². The van der Waals surface area contributed by atoms with Gasteiger partial charge < -0.3 is 20.6 Å². The predicted molar refractivity (Wildman–Crippen MR) is 74.4 cm³/mol. The molecule has 2 aromatic carbocycles. The van der Waals surface area contributed by atoms with Crippen LogP contribution in [0.5, 0.6) is 17.2 Å². The maximum Gasteiger partial charge on any atom is 0.256 e. The smallest absolute Gasteiger partial charge is 0.256 e. The molecule has 1 heterocycles. The maximum absolute atomic E-state index is 11.9. The zero-order valence-electron chi connectivity index (χ0n) is 10.3. The van der Waals surface area contributed by atoms with Gasteiger partial charge in [-0.2, -0.15) is 0 Å². The number of hydrogen-bond donors (Lipinski definition) is 4. The number of carbonyl (C=O) groups is 1. The van der Waals surface area contributed by atoms with Crippen molar-refractivity contribution < 1.29 is 20.1 Å². The Morgan fingerprint density at radius 1 is 0.950 bits per heavy atom. The van der Waals surface area contributed by atoms with Gasteiger partial charge in [-0.1, -0.05) is 6.07 Å². The Hall–Kier alpha value is -2.95. The molecule has 4 N–H and O–H groups in total. The number of hydrogen-bond acceptors (Lipinski definition) is 4. The molecular weight excluding hydrogens is 258 g/mol. The van der Waals surface area contributed by atoms with Gasteiger partial charge in [0, 0.05) is 16.8 Å². The van der Waals surface area contributed by atoms with E-state index >= 15 is 0 Å². The fourth-order valence-electron chi connectivity index (χ4n) is 2.12. The summed E-state index contributed by atoms with van der Waals surface area (Å²) in [5, 5.41) is 30.9. The van der Waals surface area contributed by atoms with Crippen molar-refractivity contribution >= 4 is 23.2 Å². The summed E-state index contributed by atoms with van der Waals surface area (Å²) in [4.78, 5) is 11.9. The number of fused-ring (bicyclic) bond motifs is 1. The quantitative estimate of drug-likeness (QED) is 0.363. The number of phenols is 3. The number of nitrogens with one attached hydrogen (secondary N) is 1. The summed E-state index contributed by atoms with van der Waals surface area (Å²) in [5.41, 5.74) is 2.19. The van der Waals surface area contributed by atoms with Crippen LogP contribution in [0.25, 0.3) is 11.6 Å². The van der Waals surface area contributed by atoms with Gasteiger partial charge in [-0.25, -0.2) is 0 Å². The van der Waals surface area contributed by atoms with Gasteiger partial charge in [-0.3, -0.25) is 4.79 Å². The van der Waals surface area contributed by atoms with Crippen LogP contribution in [0.1, 0.15) is 11.1 Å². The molecule has 2 aromatic rings. The summed E-state index contributed by atoms with van der Waals surface area (Å²) >= 11 is 0. The first kappa shape index (κ1) is 12.1. The molecule has 0 aliphatic carbocycles. The van der Waals surface area contributed by atoms with E-state index in [4.69, 9.17) is 0 Å². The first-order valence-electron chi connectivity index (χ1n) is 5.93. The van der Waals surface area contributed by atoms with E-state index in [-0.39, 0.29) is 23.2 Å². The van der Waals surface area contributed by atoms with Crippen LogP contribution in [0.2, 0.25) is 0 Å². The van der Waals surface area contributed by atoms with Crippen LogP contribution in [-0.4, -0.2) is 21.2 Å². The molecule has 0 aromatic heterocycles. The van der Waals surface area contributed by atoms with E-state index in [0.29, 0.717) is 22.4 Å². The molecule has 0 fully saturated rings. The van der Waals surface area contributed by atoms with E-state index in [1.807, 2.05) is 0 Å². The van der Waals surface area contributed by atoms with E-state index in [1.54, 1.807) is 18.2 Å². The molecule has 0 bridgehead atoms. The van der Waals surface area contributed by atoms with Crippen LogP contribution < -0.4 is 5.32 Å². The highest BCUT2D eigenvalue weighted by Gasteiger charge is 2.24. The highest BCUT2D eigenvalue weighted by molar-refractivity contribution is 6.35. The summed E-state index contributed by atoms with van der Waals surface area (Å²) in [5.74, 6) is -0.687. The fraction of sp³-hybridized carbons (Fsp3) is 0. The second-order valence-corrected chi connectivity index (χ2v) is 4.49. The topological polar surface area (TPSA) is 89.8 Å². The molecule has 0 unspecified atom stereocenters. The van der Waals surface area contributed by atoms with Gasteiger partial charge in [-0.15, -0.1) is 0 Å². The molecule has 0 saturated heterocycles. The normalized spacial score (nSPS) is 15.2. The monoisotopic (exact) mass is 269 g/mol. The van der Waals surface area contributed by atoms with E-state index in [2.05, 4.69) is 5.32 Å². The second kappa shape index (κ2) is 4.31. The molecular formula is C15H11NO4. The van der Waals surface area contributed by atoms with Crippen molar-refractivity contribution in [3.05, 3.63) is 47.5 Å². The Morgan fingerprint density at radius 2 is 1.75 bits per heavy atom. The van der Waals surface area contributed by atoms with Gasteiger partial charge in [0.05, 0.1) is 0 Å². The average molecular weight is 269 g/mol. The van der Waals surface area contributed by atoms with Crippen molar-refractivity contribution in [1.82, 2.24) is 0 Å². The molecule has 1 aliphatic rings. The van der Waals surface area contributed by atoms with E-state index in [9.17, 15) is 20.1 Å². The Bertz CT molecular complexity index is 750.